The standard InChI is InChI=1S/C13H16FN5/c1-7-5-4-6-10(14)11(7)18-12-8(2)13(19-15)17-9(3)16-12/h4-6H,15H2,1-3H3,(H2,16,17,18,19). The van der Waals surface area contributed by atoms with Crippen LogP contribution < -0.4 is 16.6 Å². The van der Waals surface area contributed by atoms with Gasteiger partial charge in [-0.1, -0.05) is 12.1 Å². The van der Waals surface area contributed by atoms with E-state index in [9.17, 15) is 4.39 Å². The normalized spacial score (nSPS) is 10.4. The van der Waals surface area contributed by atoms with E-state index >= 15 is 0 Å². The van der Waals surface area contributed by atoms with Gasteiger partial charge in [0.05, 0.1) is 5.69 Å². The fourth-order valence-corrected chi connectivity index (χ4v) is 1.80. The van der Waals surface area contributed by atoms with Crippen LogP contribution in [0.2, 0.25) is 0 Å². The molecular formula is C13H16FN5. The van der Waals surface area contributed by atoms with Crippen molar-refractivity contribution in [3.63, 3.8) is 0 Å². The fraction of sp³-hybridized carbons (Fsp3) is 0.231. The van der Waals surface area contributed by atoms with Crippen molar-refractivity contribution in [1.29, 1.82) is 0 Å². The summed E-state index contributed by atoms with van der Waals surface area (Å²) in [5.41, 5.74) is 4.45. The molecule has 0 amide bonds. The van der Waals surface area contributed by atoms with Crippen LogP contribution in [-0.4, -0.2) is 9.97 Å². The van der Waals surface area contributed by atoms with Crippen molar-refractivity contribution in [2.75, 3.05) is 10.7 Å². The first-order chi connectivity index (χ1) is 9.02. The van der Waals surface area contributed by atoms with Crippen molar-refractivity contribution in [1.82, 2.24) is 9.97 Å². The van der Waals surface area contributed by atoms with Gasteiger partial charge in [0.25, 0.3) is 0 Å². The Morgan fingerprint density at radius 3 is 2.42 bits per heavy atom. The third-order valence-electron chi connectivity index (χ3n) is 2.86. The minimum Gasteiger partial charge on any atom is -0.337 e. The van der Waals surface area contributed by atoms with Gasteiger partial charge in [-0.2, -0.15) is 0 Å². The number of nitrogens with zero attached hydrogens (tertiary/aromatic N) is 2. The van der Waals surface area contributed by atoms with Gasteiger partial charge in [-0.3, -0.25) is 0 Å². The molecule has 5 nitrogen and oxygen atoms in total. The predicted octanol–water partition coefficient (Wildman–Crippen LogP) is 2.57. The number of anilines is 3. The van der Waals surface area contributed by atoms with Gasteiger partial charge < -0.3 is 10.7 Å². The number of aromatic nitrogens is 2. The molecule has 0 bridgehead atoms. The van der Waals surface area contributed by atoms with Crippen LogP contribution in [0.15, 0.2) is 18.2 Å². The highest BCUT2D eigenvalue weighted by atomic mass is 19.1. The van der Waals surface area contributed by atoms with E-state index in [0.717, 1.165) is 11.1 Å². The second kappa shape index (κ2) is 5.19. The van der Waals surface area contributed by atoms with Gasteiger partial charge in [0, 0.05) is 5.56 Å². The molecule has 2 aromatic rings. The first-order valence-electron chi connectivity index (χ1n) is 5.87. The summed E-state index contributed by atoms with van der Waals surface area (Å²) in [6.45, 7) is 5.39. The molecule has 0 aliphatic carbocycles. The molecule has 1 aromatic heterocycles. The number of halogens is 1. The molecule has 1 heterocycles. The van der Waals surface area contributed by atoms with Gasteiger partial charge in [-0.15, -0.1) is 0 Å². The molecule has 2 rings (SSSR count). The Bertz CT molecular complexity index is 592. The lowest BCUT2D eigenvalue weighted by Crippen LogP contribution is -2.13. The first kappa shape index (κ1) is 13.2. The van der Waals surface area contributed by atoms with Crippen LogP contribution >= 0.6 is 0 Å². The Labute approximate surface area is 111 Å². The van der Waals surface area contributed by atoms with E-state index in [0.29, 0.717) is 23.1 Å². The van der Waals surface area contributed by atoms with E-state index < -0.39 is 0 Å². The van der Waals surface area contributed by atoms with E-state index in [1.54, 1.807) is 13.0 Å². The zero-order valence-corrected chi connectivity index (χ0v) is 11.1. The molecule has 0 aliphatic heterocycles. The molecule has 0 saturated heterocycles. The van der Waals surface area contributed by atoms with Crippen LogP contribution in [0.25, 0.3) is 0 Å². The van der Waals surface area contributed by atoms with Crippen molar-refractivity contribution in [2.45, 2.75) is 20.8 Å². The van der Waals surface area contributed by atoms with E-state index in [2.05, 4.69) is 20.7 Å². The summed E-state index contributed by atoms with van der Waals surface area (Å²) >= 11 is 0. The quantitative estimate of drug-likeness (QED) is 0.585. The summed E-state index contributed by atoms with van der Waals surface area (Å²) in [6, 6.07) is 4.90. The minimum atomic E-state index is -0.321. The van der Waals surface area contributed by atoms with Crippen LogP contribution in [-0.2, 0) is 0 Å². The first-order valence-corrected chi connectivity index (χ1v) is 5.87. The molecule has 1 aromatic carbocycles. The molecule has 0 atom stereocenters. The van der Waals surface area contributed by atoms with Gasteiger partial charge in [-0.25, -0.2) is 20.2 Å². The number of hydrogen-bond donors (Lipinski definition) is 3. The Morgan fingerprint density at radius 1 is 1.11 bits per heavy atom. The number of nitrogens with one attached hydrogen (secondary N) is 2. The lowest BCUT2D eigenvalue weighted by molar-refractivity contribution is 0.630. The smallest absolute Gasteiger partial charge is 0.148 e. The number of aryl methyl sites for hydroxylation is 2. The molecule has 19 heavy (non-hydrogen) atoms. The van der Waals surface area contributed by atoms with Crippen LogP contribution in [0.1, 0.15) is 17.0 Å². The zero-order valence-electron chi connectivity index (χ0n) is 11.1. The lowest BCUT2D eigenvalue weighted by Gasteiger charge is -2.14. The molecule has 100 valence electrons. The Kier molecular flexibility index (Phi) is 3.62. The number of nitrogen functional groups attached to an aromatic ring is 1. The number of hydrogen-bond acceptors (Lipinski definition) is 5. The molecular weight excluding hydrogens is 245 g/mol. The summed E-state index contributed by atoms with van der Waals surface area (Å²) in [5, 5.41) is 3.00. The molecule has 0 saturated carbocycles. The van der Waals surface area contributed by atoms with Crippen LogP contribution in [0, 0.1) is 26.6 Å². The number of rotatable bonds is 3. The third kappa shape index (κ3) is 2.63. The van der Waals surface area contributed by atoms with Crippen molar-refractivity contribution in [3.05, 3.63) is 41.0 Å². The van der Waals surface area contributed by atoms with E-state index in [-0.39, 0.29) is 5.82 Å². The van der Waals surface area contributed by atoms with Gasteiger partial charge >= 0.3 is 0 Å². The van der Waals surface area contributed by atoms with E-state index in [4.69, 9.17) is 5.84 Å². The molecule has 0 spiro atoms. The van der Waals surface area contributed by atoms with Crippen molar-refractivity contribution in [3.8, 4) is 0 Å². The number of benzene rings is 1. The molecule has 0 radical (unpaired) electrons. The third-order valence-corrected chi connectivity index (χ3v) is 2.86. The maximum Gasteiger partial charge on any atom is 0.148 e. The van der Waals surface area contributed by atoms with Crippen molar-refractivity contribution >= 4 is 17.3 Å². The van der Waals surface area contributed by atoms with Gasteiger partial charge in [0.15, 0.2) is 0 Å². The summed E-state index contributed by atoms with van der Waals surface area (Å²) in [4.78, 5) is 8.43. The summed E-state index contributed by atoms with van der Waals surface area (Å²) < 4.78 is 13.8. The highest BCUT2D eigenvalue weighted by Crippen LogP contribution is 2.26. The monoisotopic (exact) mass is 261 g/mol. The zero-order chi connectivity index (χ0) is 14.0. The SMILES string of the molecule is Cc1nc(NN)c(C)c(Nc2c(C)cccc2F)n1. The number of para-hydroxylation sites is 1. The van der Waals surface area contributed by atoms with Crippen molar-refractivity contribution in [2.24, 2.45) is 5.84 Å². The van der Waals surface area contributed by atoms with E-state index in [1.807, 2.05) is 19.9 Å². The second-order valence-electron chi connectivity index (χ2n) is 4.29. The summed E-state index contributed by atoms with van der Waals surface area (Å²) in [6.07, 6.45) is 0. The Balaban J connectivity index is 2.47. The lowest BCUT2D eigenvalue weighted by atomic mass is 10.2. The van der Waals surface area contributed by atoms with Gasteiger partial charge in [0.1, 0.15) is 23.3 Å². The van der Waals surface area contributed by atoms with Crippen LogP contribution in [0.3, 0.4) is 0 Å². The van der Waals surface area contributed by atoms with Gasteiger partial charge in [0.2, 0.25) is 0 Å². The average Bonchev–Trinajstić information content (AvgIpc) is 2.37. The Hall–Kier alpha value is -2.21. The highest BCUT2D eigenvalue weighted by Gasteiger charge is 2.11. The topological polar surface area (TPSA) is 75.9 Å². The van der Waals surface area contributed by atoms with Crippen molar-refractivity contribution < 1.29 is 4.39 Å². The average molecular weight is 261 g/mol. The van der Waals surface area contributed by atoms with Crippen LogP contribution in [0.4, 0.5) is 21.7 Å². The predicted molar refractivity (Wildman–Crippen MR) is 73.7 cm³/mol. The highest BCUT2D eigenvalue weighted by molar-refractivity contribution is 5.67. The second-order valence-corrected chi connectivity index (χ2v) is 4.29. The van der Waals surface area contributed by atoms with Crippen LogP contribution in [0.5, 0.6) is 0 Å². The minimum absolute atomic E-state index is 0.321. The molecule has 6 heteroatoms. The summed E-state index contributed by atoms with van der Waals surface area (Å²) in [7, 11) is 0. The molecule has 0 unspecified atom stereocenters. The Morgan fingerprint density at radius 2 is 1.79 bits per heavy atom. The number of hydrazine groups is 1. The molecule has 4 N–H and O–H groups in total. The molecule has 0 aliphatic rings. The molecule has 0 fully saturated rings. The number of nitrogens with two attached hydrogens (primary N) is 1. The maximum absolute atomic E-state index is 13.8. The summed E-state index contributed by atoms with van der Waals surface area (Å²) in [5.74, 6) is 6.68. The fourth-order valence-electron chi connectivity index (χ4n) is 1.80. The van der Waals surface area contributed by atoms with E-state index in [1.165, 1.54) is 6.07 Å². The largest absolute Gasteiger partial charge is 0.337 e. The maximum atomic E-state index is 13.8. The van der Waals surface area contributed by atoms with Gasteiger partial charge in [-0.05, 0) is 32.4 Å².